The zero-order valence-electron chi connectivity index (χ0n) is 7.22. The lowest BCUT2D eigenvalue weighted by Gasteiger charge is -2.13. The maximum atomic E-state index is 13.5. The fourth-order valence-electron chi connectivity index (χ4n) is 1.78. The molecule has 0 bridgehead atoms. The highest BCUT2D eigenvalue weighted by atomic mass is 79.9. The first kappa shape index (κ1) is 9.63. The standard InChI is InChI=1S/C10H7BrFNO/c11-8-2-1-7-6(9(8)12)3-4-10(7,14)5-13/h1-2,14H,3-4H2. The first-order chi connectivity index (χ1) is 6.58. The highest BCUT2D eigenvalue weighted by Gasteiger charge is 2.38. The molecule has 2 rings (SSSR count). The molecule has 0 saturated heterocycles. The summed E-state index contributed by atoms with van der Waals surface area (Å²) < 4.78 is 13.9. The highest BCUT2D eigenvalue weighted by Crippen LogP contribution is 2.39. The van der Waals surface area contributed by atoms with E-state index >= 15 is 0 Å². The van der Waals surface area contributed by atoms with Gasteiger partial charge in [0.2, 0.25) is 0 Å². The van der Waals surface area contributed by atoms with Crippen LogP contribution in [0.5, 0.6) is 0 Å². The molecule has 1 aromatic carbocycles. The summed E-state index contributed by atoms with van der Waals surface area (Å²) in [6.07, 6.45) is 0.677. The predicted octanol–water partition coefficient (Wildman–Crippen LogP) is 2.25. The second-order valence-electron chi connectivity index (χ2n) is 3.36. The molecule has 0 spiro atoms. The topological polar surface area (TPSA) is 44.0 Å². The Hall–Kier alpha value is -0.920. The van der Waals surface area contributed by atoms with Crippen molar-refractivity contribution in [1.29, 1.82) is 5.26 Å². The number of halogens is 2. The molecule has 4 heteroatoms. The third-order valence-corrected chi connectivity index (χ3v) is 3.18. The van der Waals surface area contributed by atoms with E-state index in [1.54, 1.807) is 6.07 Å². The average Bonchev–Trinajstić information content (AvgIpc) is 2.52. The molecule has 1 atom stereocenters. The van der Waals surface area contributed by atoms with E-state index in [0.29, 0.717) is 22.0 Å². The van der Waals surface area contributed by atoms with Gasteiger partial charge in [0.25, 0.3) is 0 Å². The molecule has 72 valence electrons. The molecule has 1 aromatic rings. The summed E-state index contributed by atoms with van der Waals surface area (Å²) in [4.78, 5) is 0. The van der Waals surface area contributed by atoms with Gasteiger partial charge in [0.15, 0.2) is 5.60 Å². The Balaban J connectivity index is 2.66. The lowest BCUT2D eigenvalue weighted by Crippen LogP contribution is -2.19. The van der Waals surface area contributed by atoms with Crippen molar-refractivity contribution in [2.45, 2.75) is 18.4 Å². The number of aliphatic hydroxyl groups is 1. The van der Waals surface area contributed by atoms with E-state index in [-0.39, 0.29) is 12.2 Å². The molecule has 0 radical (unpaired) electrons. The molecule has 14 heavy (non-hydrogen) atoms. The van der Waals surface area contributed by atoms with Gasteiger partial charge in [0, 0.05) is 5.56 Å². The summed E-state index contributed by atoms with van der Waals surface area (Å²) in [5, 5.41) is 18.6. The van der Waals surface area contributed by atoms with E-state index in [9.17, 15) is 9.50 Å². The minimum Gasteiger partial charge on any atom is -0.371 e. The number of benzene rings is 1. The largest absolute Gasteiger partial charge is 0.371 e. The summed E-state index contributed by atoms with van der Waals surface area (Å²) in [5.74, 6) is -0.367. The van der Waals surface area contributed by atoms with Gasteiger partial charge in [-0.3, -0.25) is 0 Å². The molecule has 1 N–H and O–H groups in total. The van der Waals surface area contributed by atoms with Crippen LogP contribution in [0.15, 0.2) is 16.6 Å². The van der Waals surface area contributed by atoms with Crippen LogP contribution in [0.3, 0.4) is 0 Å². The van der Waals surface area contributed by atoms with E-state index < -0.39 is 5.60 Å². The molecule has 0 amide bonds. The predicted molar refractivity (Wildman–Crippen MR) is 51.9 cm³/mol. The second kappa shape index (κ2) is 3.04. The molecule has 0 aliphatic heterocycles. The minimum atomic E-state index is -1.50. The normalized spacial score (nSPS) is 24.4. The Labute approximate surface area is 89.1 Å². The maximum Gasteiger partial charge on any atom is 0.177 e. The third kappa shape index (κ3) is 1.17. The molecule has 0 aromatic heterocycles. The molecule has 2 nitrogen and oxygen atoms in total. The number of hydrogen-bond donors (Lipinski definition) is 1. The molecule has 1 unspecified atom stereocenters. The molecule has 0 heterocycles. The number of nitriles is 1. The Bertz CT molecular complexity index is 440. The van der Waals surface area contributed by atoms with Crippen molar-refractivity contribution < 1.29 is 9.50 Å². The quantitative estimate of drug-likeness (QED) is 0.723. The molecular formula is C10H7BrFNO. The minimum absolute atomic E-state index is 0.270. The second-order valence-corrected chi connectivity index (χ2v) is 4.21. The Morgan fingerprint density at radius 1 is 1.57 bits per heavy atom. The van der Waals surface area contributed by atoms with Crippen molar-refractivity contribution in [2.24, 2.45) is 0 Å². The Morgan fingerprint density at radius 3 is 2.93 bits per heavy atom. The van der Waals surface area contributed by atoms with Crippen LogP contribution >= 0.6 is 15.9 Å². The van der Waals surface area contributed by atoms with Crippen LogP contribution < -0.4 is 0 Å². The zero-order chi connectivity index (χ0) is 10.3. The van der Waals surface area contributed by atoms with Crippen LogP contribution in [0.25, 0.3) is 0 Å². The smallest absolute Gasteiger partial charge is 0.177 e. The van der Waals surface area contributed by atoms with Crippen molar-refractivity contribution in [3.63, 3.8) is 0 Å². The van der Waals surface area contributed by atoms with Gasteiger partial charge in [0.1, 0.15) is 11.9 Å². The lowest BCUT2D eigenvalue weighted by atomic mass is 9.98. The Kier molecular flexibility index (Phi) is 2.09. The Morgan fingerprint density at radius 2 is 2.29 bits per heavy atom. The van der Waals surface area contributed by atoms with Gasteiger partial charge in [-0.15, -0.1) is 0 Å². The van der Waals surface area contributed by atoms with E-state index in [2.05, 4.69) is 15.9 Å². The molecule has 0 fully saturated rings. The number of fused-ring (bicyclic) bond motifs is 1. The number of hydrogen-bond acceptors (Lipinski definition) is 2. The molecular weight excluding hydrogens is 249 g/mol. The molecule has 1 aliphatic carbocycles. The fraction of sp³-hybridized carbons (Fsp3) is 0.300. The van der Waals surface area contributed by atoms with Gasteiger partial charge in [-0.25, -0.2) is 4.39 Å². The van der Waals surface area contributed by atoms with Crippen LogP contribution in [-0.2, 0) is 12.0 Å². The summed E-state index contributed by atoms with van der Waals surface area (Å²) in [5.41, 5.74) is -0.652. The van der Waals surface area contributed by atoms with Crippen LogP contribution in [0.4, 0.5) is 4.39 Å². The summed E-state index contributed by atoms with van der Waals surface area (Å²) in [7, 11) is 0. The SMILES string of the molecule is N#CC1(O)CCc2c1ccc(Br)c2F. The number of rotatable bonds is 0. The van der Waals surface area contributed by atoms with E-state index in [0.717, 1.165) is 0 Å². The van der Waals surface area contributed by atoms with Crippen LogP contribution in [0.2, 0.25) is 0 Å². The first-order valence-electron chi connectivity index (χ1n) is 4.19. The zero-order valence-corrected chi connectivity index (χ0v) is 8.81. The van der Waals surface area contributed by atoms with Crippen molar-refractivity contribution in [3.8, 4) is 6.07 Å². The summed E-state index contributed by atoms with van der Waals surface area (Å²) in [6, 6.07) is 4.93. The average molecular weight is 256 g/mol. The van der Waals surface area contributed by atoms with Crippen molar-refractivity contribution in [3.05, 3.63) is 33.5 Å². The van der Waals surface area contributed by atoms with Crippen molar-refractivity contribution in [1.82, 2.24) is 0 Å². The molecule has 0 saturated carbocycles. The van der Waals surface area contributed by atoms with Crippen molar-refractivity contribution in [2.75, 3.05) is 0 Å². The molecule has 1 aliphatic rings. The van der Waals surface area contributed by atoms with Gasteiger partial charge < -0.3 is 5.11 Å². The maximum absolute atomic E-state index is 13.5. The first-order valence-corrected chi connectivity index (χ1v) is 4.99. The summed E-state index contributed by atoms with van der Waals surface area (Å²) >= 11 is 3.07. The van der Waals surface area contributed by atoms with Gasteiger partial charge in [0.05, 0.1) is 4.47 Å². The van der Waals surface area contributed by atoms with E-state index in [1.807, 2.05) is 6.07 Å². The highest BCUT2D eigenvalue weighted by molar-refractivity contribution is 9.10. The van der Waals surface area contributed by atoms with E-state index in [4.69, 9.17) is 5.26 Å². The van der Waals surface area contributed by atoms with Gasteiger partial charge >= 0.3 is 0 Å². The number of nitrogens with zero attached hydrogens (tertiary/aromatic N) is 1. The fourth-order valence-corrected chi connectivity index (χ4v) is 2.15. The summed E-state index contributed by atoms with van der Waals surface area (Å²) in [6.45, 7) is 0. The van der Waals surface area contributed by atoms with Gasteiger partial charge in [-0.1, -0.05) is 6.07 Å². The van der Waals surface area contributed by atoms with Crippen molar-refractivity contribution >= 4 is 15.9 Å². The third-order valence-electron chi connectivity index (χ3n) is 2.56. The van der Waals surface area contributed by atoms with Crippen LogP contribution in [-0.4, -0.2) is 5.11 Å². The van der Waals surface area contributed by atoms with Crippen LogP contribution in [0.1, 0.15) is 17.5 Å². The lowest BCUT2D eigenvalue weighted by molar-refractivity contribution is 0.1000. The van der Waals surface area contributed by atoms with E-state index in [1.165, 1.54) is 6.07 Å². The van der Waals surface area contributed by atoms with Gasteiger partial charge in [-0.2, -0.15) is 5.26 Å². The van der Waals surface area contributed by atoms with Gasteiger partial charge in [-0.05, 0) is 40.4 Å². The monoisotopic (exact) mass is 255 g/mol. The van der Waals surface area contributed by atoms with Crippen LogP contribution in [0, 0.1) is 17.1 Å².